The average molecular weight is 359 g/mol. The van der Waals surface area contributed by atoms with Crippen molar-refractivity contribution in [1.29, 1.82) is 0 Å². The first-order valence-corrected chi connectivity index (χ1v) is 5.14. The molecule has 0 aliphatic heterocycles. The fourth-order valence-corrected chi connectivity index (χ4v) is 1.60. The van der Waals surface area contributed by atoms with Crippen molar-refractivity contribution in [1.82, 2.24) is 4.57 Å². The Bertz CT molecular complexity index is 535. The third-order valence-electron chi connectivity index (χ3n) is 2.54. The summed E-state index contributed by atoms with van der Waals surface area (Å²) in [4.78, 5) is 0. The van der Waals surface area contributed by atoms with Crippen LogP contribution in [0, 0.1) is 0 Å². The van der Waals surface area contributed by atoms with Crippen molar-refractivity contribution in [3.8, 4) is 11.4 Å². The van der Waals surface area contributed by atoms with Crippen LogP contribution in [0.15, 0.2) is 41.9 Å². The van der Waals surface area contributed by atoms with Gasteiger partial charge in [0.05, 0.1) is 14.2 Å². The molecule has 1 N–H and O–H groups in total. The molecule has 2 rings (SSSR count). The molecule has 1 heterocycles. The molecule has 1 aromatic heterocycles. The Balaban J connectivity index is 0.00000162. The number of aromatic nitrogens is 2. The summed E-state index contributed by atoms with van der Waals surface area (Å²) in [6.45, 7) is 0. The molecular weight excluding hydrogens is 345 g/mol. The molecule has 0 saturated heterocycles. The summed E-state index contributed by atoms with van der Waals surface area (Å²) in [5.41, 5.74) is 1.82. The van der Waals surface area contributed by atoms with E-state index in [1.54, 1.807) is 7.11 Å². The maximum atomic E-state index is 8.52. The van der Waals surface area contributed by atoms with Crippen LogP contribution in [0.3, 0.4) is 0 Å². The van der Waals surface area contributed by atoms with Crippen molar-refractivity contribution in [3.05, 3.63) is 42.5 Å². The van der Waals surface area contributed by atoms with Crippen LogP contribution in [0.5, 0.6) is 5.75 Å². The lowest BCUT2D eigenvalue weighted by atomic mass is 10.3. The largest absolute Gasteiger partial charge is 1.00 e. The van der Waals surface area contributed by atoms with Gasteiger partial charge in [-0.05, 0) is 24.3 Å². The van der Waals surface area contributed by atoms with Gasteiger partial charge >= 0.3 is 0 Å². The van der Waals surface area contributed by atoms with E-state index in [2.05, 4.69) is 5.16 Å². The highest BCUT2D eigenvalue weighted by Gasteiger charge is 2.10. The standard InChI is InChI=1S/C12H13N3O2.HI/c1-14-9-15(8-11(14)7-13-16)10-3-5-12(17-2)6-4-10;/h3-9H,1-2H3;1H/b13-7+;. The second-order valence-corrected chi connectivity index (χ2v) is 3.63. The Morgan fingerprint density at radius 2 is 2.00 bits per heavy atom. The molecular formula is C12H14IN3O2. The summed E-state index contributed by atoms with van der Waals surface area (Å²) >= 11 is 0. The zero-order chi connectivity index (χ0) is 12.3. The van der Waals surface area contributed by atoms with Gasteiger partial charge in [-0.3, -0.25) is 0 Å². The van der Waals surface area contributed by atoms with Gasteiger partial charge in [0, 0.05) is 0 Å². The lowest BCUT2D eigenvalue weighted by Gasteiger charge is -1.99. The summed E-state index contributed by atoms with van der Waals surface area (Å²) in [5.74, 6) is 0.822. The van der Waals surface area contributed by atoms with Gasteiger partial charge in [0.15, 0.2) is 5.69 Å². The van der Waals surface area contributed by atoms with Gasteiger partial charge in [0.2, 0.25) is 6.33 Å². The van der Waals surface area contributed by atoms with E-state index in [0.29, 0.717) is 0 Å². The number of ether oxygens (including phenoxy) is 1. The van der Waals surface area contributed by atoms with E-state index < -0.39 is 0 Å². The molecule has 0 aliphatic rings. The minimum absolute atomic E-state index is 0. The zero-order valence-electron chi connectivity index (χ0n) is 10.1. The van der Waals surface area contributed by atoms with Crippen LogP contribution in [-0.4, -0.2) is 23.1 Å². The molecule has 0 unspecified atom stereocenters. The van der Waals surface area contributed by atoms with E-state index >= 15 is 0 Å². The molecule has 0 radical (unpaired) electrons. The SMILES string of the molecule is COc1ccc(-[n+]2cc(/C=N/O)n(C)c2)cc1.[I-]. The van der Waals surface area contributed by atoms with Gasteiger partial charge in [0.1, 0.15) is 23.8 Å². The number of nitrogens with zero attached hydrogens (tertiary/aromatic N) is 3. The Morgan fingerprint density at radius 1 is 1.33 bits per heavy atom. The lowest BCUT2D eigenvalue weighted by Crippen LogP contribution is -3.00. The third kappa shape index (κ3) is 3.00. The van der Waals surface area contributed by atoms with Crippen molar-refractivity contribution >= 4 is 6.21 Å². The Labute approximate surface area is 122 Å². The summed E-state index contributed by atoms with van der Waals surface area (Å²) < 4.78 is 8.91. The summed E-state index contributed by atoms with van der Waals surface area (Å²) in [6.07, 6.45) is 5.17. The number of hydrogen-bond acceptors (Lipinski definition) is 3. The number of methoxy groups -OCH3 is 1. The molecule has 0 amide bonds. The first-order valence-electron chi connectivity index (χ1n) is 5.14. The predicted octanol–water partition coefficient (Wildman–Crippen LogP) is -1.88. The number of aryl methyl sites for hydroxylation is 1. The monoisotopic (exact) mass is 359 g/mol. The Kier molecular flexibility index (Phi) is 5.14. The highest BCUT2D eigenvalue weighted by Crippen LogP contribution is 2.11. The molecule has 0 saturated carbocycles. The van der Waals surface area contributed by atoms with Gasteiger partial charge in [-0.1, -0.05) is 5.16 Å². The quantitative estimate of drug-likeness (QED) is 0.229. The van der Waals surface area contributed by atoms with E-state index in [1.807, 2.05) is 53.0 Å². The van der Waals surface area contributed by atoms with Crippen molar-refractivity contribution in [3.63, 3.8) is 0 Å². The van der Waals surface area contributed by atoms with Crippen LogP contribution >= 0.6 is 0 Å². The smallest absolute Gasteiger partial charge is 0.249 e. The topological polar surface area (TPSA) is 50.6 Å². The number of rotatable bonds is 3. The molecule has 0 aliphatic carbocycles. The summed E-state index contributed by atoms with van der Waals surface area (Å²) in [6, 6.07) is 7.71. The molecule has 0 atom stereocenters. The minimum atomic E-state index is 0. The number of halogens is 1. The van der Waals surface area contributed by atoms with E-state index in [9.17, 15) is 0 Å². The van der Waals surface area contributed by atoms with Crippen LogP contribution in [0.1, 0.15) is 5.69 Å². The Morgan fingerprint density at radius 3 is 2.56 bits per heavy atom. The first-order chi connectivity index (χ1) is 8.24. The summed E-state index contributed by atoms with van der Waals surface area (Å²) in [5, 5.41) is 11.5. The van der Waals surface area contributed by atoms with Gasteiger partial charge < -0.3 is 33.9 Å². The van der Waals surface area contributed by atoms with Gasteiger partial charge in [0.25, 0.3) is 0 Å². The molecule has 2 aromatic rings. The molecule has 18 heavy (non-hydrogen) atoms. The fraction of sp³-hybridized carbons (Fsp3) is 0.167. The Hall–Kier alpha value is -1.57. The molecule has 96 valence electrons. The highest BCUT2D eigenvalue weighted by molar-refractivity contribution is 5.75. The van der Waals surface area contributed by atoms with Crippen LogP contribution < -0.4 is 33.3 Å². The van der Waals surface area contributed by atoms with Gasteiger partial charge in [-0.2, -0.15) is 0 Å². The van der Waals surface area contributed by atoms with Crippen molar-refractivity contribution in [2.24, 2.45) is 12.2 Å². The predicted molar refractivity (Wildman–Crippen MR) is 62.9 cm³/mol. The van der Waals surface area contributed by atoms with E-state index in [0.717, 1.165) is 17.1 Å². The van der Waals surface area contributed by atoms with Crippen LogP contribution in [0.25, 0.3) is 5.69 Å². The van der Waals surface area contributed by atoms with Crippen molar-refractivity contribution in [2.45, 2.75) is 0 Å². The third-order valence-corrected chi connectivity index (χ3v) is 2.54. The second kappa shape index (κ2) is 6.39. The fourth-order valence-electron chi connectivity index (χ4n) is 1.60. The summed E-state index contributed by atoms with van der Waals surface area (Å²) in [7, 11) is 3.53. The number of oxime groups is 1. The normalized spacial score (nSPS) is 10.3. The maximum absolute atomic E-state index is 8.52. The molecule has 0 fully saturated rings. The minimum Gasteiger partial charge on any atom is -1.00 e. The van der Waals surface area contributed by atoms with Gasteiger partial charge in [-0.25, -0.2) is 9.13 Å². The van der Waals surface area contributed by atoms with Crippen molar-refractivity contribution < 1.29 is 38.5 Å². The van der Waals surface area contributed by atoms with Crippen LogP contribution in [-0.2, 0) is 7.05 Å². The zero-order valence-corrected chi connectivity index (χ0v) is 12.3. The van der Waals surface area contributed by atoms with Gasteiger partial charge in [-0.15, -0.1) is 0 Å². The lowest BCUT2D eigenvalue weighted by molar-refractivity contribution is -0.595. The van der Waals surface area contributed by atoms with E-state index in [4.69, 9.17) is 9.94 Å². The average Bonchev–Trinajstić information content (AvgIpc) is 2.72. The van der Waals surface area contributed by atoms with Crippen molar-refractivity contribution in [2.75, 3.05) is 7.11 Å². The molecule has 0 spiro atoms. The van der Waals surface area contributed by atoms with Crippen LogP contribution in [0.4, 0.5) is 0 Å². The maximum Gasteiger partial charge on any atom is 0.249 e. The molecule has 1 aromatic carbocycles. The number of benzene rings is 1. The number of imidazole rings is 1. The van der Waals surface area contributed by atoms with Crippen LogP contribution in [0.2, 0.25) is 0 Å². The highest BCUT2D eigenvalue weighted by atomic mass is 127. The molecule has 0 bridgehead atoms. The molecule has 5 nitrogen and oxygen atoms in total. The second-order valence-electron chi connectivity index (χ2n) is 3.63. The van der Waals surface area contributed by atoms with E-state index in [1.165, 1.54) is 6.21 Å². The van der Waals surface area contributed by atoms with E-state index in [-0.39, 0.29) is 24.0 Å². The number of hydrogen-bond donors (Lipinski definition) is 1. The molecule has 6 heteroatoms. The first kappa shape index (κ1) is 14.5.